The molecule has 5 heteroatoms. The van der Waals surface area contributed by atoms with Crippen LogP contribution in [0.4, 0.5) is 17.1 Å². The Balaban J connectivity index is 2.09. The van der Waals surface area contributed by atoms with Crippen LogP contribution in [0.25, 0.3) is 10.9 Å². The number of halogens is 2. The van der Waals surface area contributed by atoms with Crippen molar-refractivity contribution in [3.63, 3.8) is 0 Å². The van der Waals surface area contributed by atoms with Crippen molar-refractivity contribution in [2.75, 3.05) is 11.1 Å². The summed E-state index contributed by atoms with van der Waals surface area (Å²) in [7, 11) is 0. The molecule has 0 spiro atoms. The monoisotopic (exact) mass is 391 g/mol. The van der Waals surface area contributed by atoms with Crippen LogP contribution in [0.3, 0.4) is 0 Å². The van der Waals surface area contributed by atoms with Gasteiger partial charge in [-0.25, -0.2) is 0 Å². The fraction of sp³-hybridized carbons (Fsp3) is 0. The molecule has 0 bridgehead atoms. The van der Waals surface area contributed by atoms with Crippen molar-refractivity contribution in [1.29, 1.82) is 0 Å². The average molecular weight is 393 g/mol. The lowest BCUT2D eigenvalue weighted by Crippen LogP contribution is -1.96. The predicted octanol–water partition coefficient (Wildman–Crippen LogP) is 5.09. The molecule has 0 radical (unpaired) electrons. The van der Waals surface area contributed by atoms with Crippen molar-refractivity contribution in [2.45, 2.75) is 0 Å². The molecule has 100 valence electrons. The second kappa shape index (κ2) is 5.42. The topological polar surface area (TPSA) is 50.9 Å². The molecule has 0 aliphatic rings. The quantitative estimate of drug-likeness (QED) is 0.597. The molecule has 0 saturated heterocycles. The molecule has 20 heavy (non-hydrogen) atoms. The van der Waals surface area contributed by atoms with E-state index in [0.717, 1.165) is 36.9 Å². The molecule has 1 heterocycles. The van der Waals surface area contributed by atoms with Crippen molar-refractivity contribution >= 4 is 59.8 Å². The van der Waals surface area contributed by atoms with Crippen LogP contribution in [0.1, 0.15) is 0 Å². The van der Waals surface area contributed by atoms with Gasteiger partial charge in [-0.1, -0.05) is 15.9 Å². The zero-order valence-electron chi connectivity index (χ0n) is 10.4. The summed E-state index contributed by atoms with van der Waals surface area (Å²) >= 11 is 6.99. The summed E-state index contributed by atoms with van der Waals surface area (Å²) in [6, 6.07) is 13.7. The lowest BCUT2D eigenvalue weighted by Gasteiger charge is -2.12. The minimum absolute atomic E-state index is 0.730. The number of pyridine rings is 1. The van der Waals surface area contributed by atoms with Gasteiger partial charge in [-0.05, 0) is 58.4 Å². The Labute approximate surface area is 133 Å². The average Bonchev–Trinajstić information content (AvgIpc) is 2.45. The van der Waals surface area contributed by atoms with Gasteiger partial charge in [0, 0.05) is 26.2 Å². The third-order valence-electron chi connectivity index (χ3n) is 3.00. The standard InChI is InChI=1S/C15H11Br2N3/c16-9-3-5-13(11(17)8-9)20-14-6-4-12(18)10-2-1-7-19-15(10)14/h1-8,20H,18H2. The summed E-state index contributed by atoms with van der Waals surface area (Å²) in [6.07, 6.45) is 1.77. The molecule has 0 aliphatic heterocycles. The summed E-state index contributed by atoms with van der Waals surface area (Å²) < 4.78 is 2.00. The molecule has 0 atom stereocenters. The first-order valence-corrected chi connectivity index (χ1v) is 7.59. The molecule has 0 unspecified atom stereocenters. The number of nitrogens with zero attached hydrogens (tertiary/aromatic N) is 1. The highest BCUT2D eigenvalue weighted by Crippen LogP contribution is 2.32. The molecule has 0 aliphatic carbocycles. The maximum atomic E-state index is 5.99. The van der Waals surface area contributed by atoms with Crippen LogP contribution in [-0.4, -0.2) is 4.98 Å². The van der Waals surface area contributed by atoms with Crippen molar-refractivity contribution in [2.24, 2.45) is 0 Å². The number of benzene rings is 2. The van der Waals surface area contributed by atoms with E-state index in [9.17, 15) is 0 Å². The van der Waals surface area contributed by atoms with E-state index >= 15 is 0 Å². The normalized spacial score (nSPS) is 10.7. The van der Waals surface area contributed by atoms with Crippen LogP contribution < -0.4 is 11.1 Å². The van der Waals surface area contributed by atoms with E-state index < -0.39 is 0 Å². The number of nitrogens with one attached hydrogen (secondary N) is 1. The highest BCUT2D eigenvalue weighted by molar-refractivity contribution is 9.11. The molecule has 0 amide bonds. The van der Waals surface area contributed by atoms with Gasteiger partial charge >= 0.3 is 0 Å². The Morgan fingerprint density at radius 1 is 1.00 bits per heavy atom. The third-order valence-corrected chi connectivity index (χ3v) is 4.15. The van der Waals surface area contributed by atoms with Gasteiger partial charge in [0.25, 0.3) is 0 Å². The zero-order valence-corrected chi connectivity index (χ0v) is 13.6. The first kappa shape index (κ1) is 13.4. The number of fused-ring (bicyclic) bond motifs is 1. The molecule has 3 aromatic rings. The predicted molar refractivity (Wildman–Crippen MR) is 91.3 cm³/mol. The molecule has 0 fully saturated rings. The van der Waals surface area contributed by atoms with E-state index in [1.54, 1.807) is 6.20 Å². The minimum atomic E-state index is 0.730. The second-order valence-electron chi connectivity index (χ2n) is 4.35. The molecule has 2 aromatic carbocycles. The number of aromatic nitrogens is 1. The molecule has 3 rings (SSSR count). The number of nitrogens with two attached hydrogens (primary N) is 1. The van der Waals surface area contributed by atoms with Gasteiger partial charge in [0.05, 0.1) is 16.9 Å². The third kappa shape index (κ3) is 2.51. The second-order valence-corrected chi connectivity index (χ2v) is 6.12. The van der Waals surface area contributed by atoms with Gasteiger partial charge in [0.2, 0.25) is 0 Å². The summed E-state index contributed by atoms with van der Waals surface area (Å²) in [4.78, 5) is 4.42. The van der Waals surface area contributed by atoms with Gasteiger partial charge in [0.15, 0.2) is 0 Å². The Morgan fingerprint density at radius 3 is 2.60 bits per heavy atom. The first-order chi connectivity index (χ1) is 9.65. The largest absolute Gasteiger partial charge is 0.398 e. The van der Waals surface area contributed by atoms with E-state index in [1.807, 2.05) is 42.5 Å². The Morgan fingerprint density at radius 2 is 1.80 bits per heavy atom. The van der Waals surface area contributed by atoms with E-state index in [1.165, 1.54) is 0 Å². The molecule has 3 nitrogen and oxygen atoms in total. The van der Waals surface area contributed by atoms with Gasteiger partial charge in [-0.15, -0.1) is 0 Å². The maximum Gasteiger partial charge on any atom is 0.0957 e. The van der Waals surface area contributed by atoms with Gasteiger partial charge < -0.3 is 11.1 Å². The van der Waals surface area contributed by atoms with Gasteiger partial charge in [0.1, 0.15) is 0 Å². The fourth-order valence-electron chi connectivity index (χ4n) is 2.03. The smallest absolute Gasteiger partial charge is 0.0957 e. The Bertz CT molecular complexity index is 787. The van der Waals surface area contributed by atoms with Crippen LogP contribution in [0.2, 0.25) is 0 Å². The SMILES string of the molecule is Nc1ccc(Nc2ccc(Br)cc2Br)c2ncccc12. The van der Waals surface area contributed by atoms with Gasteiger partial charge in [-0.2, -0.15) is 0 Å². The van der Waals surface area contributed by atoms with Crippen molar-refractivity contribution in [3.05, 3.63) is 57.6 Å². The highest BCUT2D eigenvalue weighted by atomic mass is 79.9. The summed E-state index contributed by atoms with van der Waals surface area (Å²) in [5.74, 6) is 0. The van der Waals surface area contributed by atoms with Crippen LogP contribution in [0.5, 0.6) is 0 Å². The lowest BCUT2D eigenvalue weighted by atomic mass is 10.1. The van der Waals surface area contributed by atoms with Gasteiger partial charge in [-0.3, -0.25) is 4.98 Å². The number of anilines is 3. The van der Waals surface area contributed by atoms with Crippen molar-refractivity contribution < 1.29 is 0 Å². The van der Waals surface area contributed by atoms with Crippen molar-refractivity contribution in [3.8, 4) is 0 Å². The first-order valence-electron chi connectivity index (χ1n) is 6.00. The van der Waals surface area contributed by atoms with Crippen LogP contribution in [0.15, 0.2) is 57.6 Å². The van der Waals surface area contributed by atoms with E-state index in [0.29, 0.717) is 0 Å². The molecule has 3 N–H and O–H groups in total. The summed E-state index contributed by atoms with van der Waals surface area (Å²) in [6.45, 7) is 0. The van der Waals surface area contributed by atoms with E-state index in [4.69, 9.17) is 5.73 Å². The van der Waals surface area contributed by atoms with Crippen LogP contribution in [-0.2, 0) is 0 Å². The molecule has 1 aromatic heterocycles. The summed E-state index contributed by atoms with van der Waals surface area (Å²) in [5, 5.41) is 4.33. The van der Waals surface area contributed by atoms with E-state index in [-0.39, 0.29) is 0 Å². The zero-order chi connectivity index (χ0) is 14.1. The summed E-state index contributed by atoms with van der Waals surface area (Å²) in [5.41, 5.74) is 9.48. The Kier molecular flexibility index (Phi) is 3.63. The molecular formula is C15H11Br2N3. The number of hydrogen-bond donors (Lipinski definition) is 2. The molecule has 0 saturated carbocycles. The fourth-order valence-corrected chi connectivity index (χ4v) is 3.18. The van der Waals surface area contributed by atoms with E-state index in [2.05, 4.69) is 42.2 Å². The number of rotatable bonds is 2. The lowest BCUT2D eigenvalue weighted by molar-refractivity contribution is 1.40. The number of hydrogen-bond acceptors (Lipinski definition) is 3. The molecular weight excluding hydrogens is 382 g/mol. The van der Waals surface area contributed by atoms with Crippen molar-refractivity contribution in [1.82, 2.24) is 4.98 Å². The number of nitrogen functional groups attached to an aromatic ring is 1. The minimum Gasteiger partial charge on any atom is -0.398 e. The van der Waals surface area contributed by atoms with Crippen LogP contribution in [0, 0.1) is 0 Å². The Hall–Kier alpha value is -1.59. The maximum absolute atomic E-state index is 5.99. The van der Waals surface area contributed by atoms with Crippen LogP contribution >= 0.6 is 31.9 Å². The highest BCUT2D eigenvalue weighted by Gasteiger charge is 2.07.